The van der Waals surface area contributed by atoms with Gasteiger partial charge in [-0.15, -0.1) is 0 Å². The summed E-state index contributed by atoms with van der Waals surface area (Å²) >= 11 is 1.68. The molecule has 0 aliphatic rings. The zero-order valence-electron chi connectivity index (χ0n) is 5.66. The third kappa shape index (κ3) is 7.20. The van der Waals surface area contributed by atoms with Crippen molar-refractivity contribution in [1.82, 2.24) is 3.53 Å². The third-order valence-electron chi connectivity index (χ3n) is 0.776. The lowest BCUT2D eigenvalue weighted by Gasteiger charge is -1.99. The highest BCUT2D eigenvalue weighted by atomic mass is 127. The molecule has 0 heterocycles. The van der Waals surface area contributed by atoms with Crippen LogP contribution >= 0.6 is 22.9 Å². The average molecular weight is 270 g/mol. The minimum atomic E-state index is -0.480. The number of carbonyl (C=O) groups is 1. The molecule has 0 fully saturated rings. The molecule has 6 nitrogen and oxygen atoms in total. The summed E-state index contributed by atoms with van der Waals surface area (Å²) < 4.78 is 6.86. The van der Waals surface area contributed by atoms with E-state index in [1.54, 1.807) is 22.9 Å². The van der Waals surface area contributed by atoms with E-state index in [-0.39, 0.29) is 6.61 Å². The molecule has 1 amide bonds. The zero-order chi connectivity index (χ0) is 8.53. The van der Waals surface area contributed by atoms with Crippen molar-refractivity contribution in [1.29, 1.82) is 0 Å². The molecule has 0 bridgehead atoms. The fourth-order valence-electron chi connectivity index (χ4n) is 0.372. The van der Waals surface area contributed by atoms with Gasteiger partial charge in [-0.05, 0) is 12.0 Å². The molecule has 0 aliphatic heterocycles. The Morgan fingerprint density at radius 3 is 3.09 bits per heavy atom. The number of ether oxygens (including phenoxy) is 1. The van der Waals surface area contributed by atoms with E-state index in [0.717, 1.165) is 0 Å². The van der Waals surface area contributed by atoms with Crippen molar-refractivity contribution in [2.45, 2.75) is 6.42 Å². The van der Waals surface area contributed by atoms with Gasteiger partial charge >= 0.3 is 6.09 Å². The second-order valence-electron chi connectivity index (χ2n) is 1.54. The summed E-state index contributed by atoms with van der Waals surface area (Å²) in [6, 6.07) is 0. The first-order chi connectivity index (χ1) is 5.31. The molecule has 0 aliphatic carbocycles. The minimum Gasteiger partial charge on any atom is -0.449 e. The second kappa shape index (κ2) is 7.42. The van der Waals surface area contributed by atoms with Crippen molar-refractivity contribution in [2.75, 3.05) is 13.2 Å². The van der Waals surface area contributed by atoms with Gasteiger partial charge in [0.15, 0.2) is 0 Å². The lowest BCUT2D eigenvalue weighted by Crippen LogP contribution is -2.14. The van der Waals surface area contributed by atoms with Crippen molar-refractivity contribution in [3.63, 3.8) is 0 Å². The van der Waals surface area contributed by atoms with Crippen LogP contribution in [0.5, 0.6) is 0 Å². The maximum atomic E-state index is 10.4. The molecule has 7 heteroatoms. The van der Waals surface area contributed by atoms with E-state index in [1.165, 1.54) is 0 Å². The molecule has 0 unspecified atom stereocenters. The molecule has 0 spiro atoms. The lowest BCUT2D eigenvalue weighted by atomic mass is 10.5. The molecule has 0 atom stereocenters. The number of hydrogen-bond donors (Lipinski definition) is 1. The number of hydrogen-bond acceptors (Lipinski definition) is 3. The number of nitrogens with one attached hydrogen (secondary N) is 1. The molecule has 0 saturated heterocycles. The van der Waals surface area contributed by atoms with Gasteiger partial charge in [0.25, 0.3) is 0 Å². The Morgan fingerprint density at radius 1 is 1.82 bits per heavy atom. The summed E-state index contributed by atoms with van der Waals surface area (Å²) in [5.41, 5.74) is 7.86. The summed E-state index contributed by atoms with van der Waals surface area (Å²) in [6.45, 7) is 0.624. The van der Waals surface area contributed by atoms with E-state index >= 15 is 0 Å². The van der Waals surface area contributed by atoms with Gasteiger partial charge in [0, 0.05) is 11.5 Å². The van der Waals surface area contributed by atoms with Crippen LogP contribution in [0.1, 0.15) is 6.42 Å². The molecule has 62 valence electrons. The van der Waals surface area contributed by atoms with Gasteiger partial charge in [-0.25, -0.2) is 4.79 Å². The van der Waals surface area contributed by atoms with Crippen LogP contribution in [-0.2, 0) is 4.74 Å². The van der Waals surface area contributed by atoms with Crippen molar-refractivity contribution >= 4 is 29.0 Å². The molecular weight excluding hydrogens is 263 g/mol. The summed E-state index contributed by atoms with van der Waals surface area (Å²) in [5, 5.41) is 3.26. The molecule has 0 aromatic heterocycles. The van der Waals surface area contributed by atoms with Gasteiger partial charge in [0.05, 0.1) is 29.5 Å². The molecule has 0 saturated carbocycles. The van der Waals surface area contributed by atoms with Crippen molar-refractivity contribution < 1.29 is 9.53 Å². The van der Waals surface area contributed by atoms with Gasteiger partial charge in [0.2, 0.25) is 0 Å². The predicted octanol–water partition coefficient (Wildman–Crippen LogP) is 1.76. The first-order valence-corrected chi connectivity index (χ1v) is 3.93. The Hall–Kier alpha value is -0.690. The summed E-state index contributed by atoms with van der Waals surface area (Å²) in [7, 11) is 0. The maximum Gasteiger partial charge on any atom is 0.415 e. The Labute approximate surface area is 77.4 Å². The number of rotatable bonds is 4. The fraction of sp³-hybridized carbons (Fsp3) is 0.750. The van der Waals surface area contributed by atoms with Crippen molar-refractivity contribution in [3.05, 3.63) is 10.4 Å². The monoisotopic (exact) mass is 270 g/mol. The number of halogens is 1. The normalized spacial score (nSPS) is 8.09. The van der Waals surface area contributed by atoms with Crippen molar-refractivity contribution in [2.24, 2.45) is 5.11 Å². The quantitative estimate of drug-likeness (QED) is 0.211. The van der Waals surface area contributed by atoms with Crippen LogP contribution in [0.4, 0.5) is 4.79 Å². The van der Waals surface area contributed by atoms with E-state index in [2.05, 4.69) is 18.3 Å². The van der Waals surface area contributed by atoms with Crippen LogP contribution in [0.3, 0.4) is 0 Å². The van der Waals surface area contributed by atoms with Crippen LogP contribution < -0.4 is 3.53 Å². The summed E-state index contributed by atoms with van der Waals surface area (Å²) in [6.07, 6.45) is 0.0697. The van der Waals surface area contributed by atoms with Gasteiger partial charge in [-0.3, -0.25) is 3.53 Å². The summed E-state index contributed by atoms with van der Waals surface area (Å²) in [5.74, 6) is 0. The molecule has 11 heavy (non-hydrogen) atoms. The van der Waals surface area contributed by atoms with E-state index in [9.17, 15) is 4.79 Å². The van der Waals surface area contributed by atoms with Crippen molar-refractivity contribution in [3.8, 4) is 0 Å². The largest absolute Gasteiger partial charge is 0.449 e. The van der Waals surface area contributed by atoms with Gasteiger partial charge < -0.3 is 4.74 Å². The van der Waals surface area contributed by atoms with E-state index in [0.29, 0.717) is 13.0 Å². The fourth-order valence-corrected chi connectivity index (χ4v) is 0.528. The van der Waals surface area contributed by atoms with Gasteiger partial charge in [-0.2, -0.15) is 0 Å². The van der Waals surface area contributed by atoms with Gasteiger partial charge in [0.1, 0.15) is 0 Å². The van der Waals surface area contributed by atoms with Crippen LogP contribution in [0, 0.1) is 0 Å². The highest BCUT2D eigenvalue weighted by molar-refractivity contribution is 14.1. The molecular formula is C4H7IN4O2. The average Bonchev–Trinajstić information content (AvgIpc) is 2.04. The van der Waals surface area contributed by atoms with Crippen LogP contribution in [0.25, 0.3) is 10.4 Å². The topological polar surface area (TPSA) is 87.1 Å². The Kier molecular flexibility index (Phi) is 6.95. The highest BCUT2D eigenvalue weighted by Crippen LogP contribution is 1.86. The number of nitrogens with zero attached hydrogens (tertiary/aromatic N) is 3. The molecule has 1 N–H and O–H groups in total. The lowest BCUT2D eigenvalue weighted by molar-refractivity contribution is 0.154. The minimum absolute atomic E-state index is 0.272. The Morgan fingerprint density at radius 2 is 2.55 bits per heavy atom. The van der Waals surface area contributed by atoms with E-state index in [4.69, 9.17) is 5.53 Å². The standard InChI is InChI=1S/C4H7IN4O2/c5-8-4(10)11-3-1-2-7-9-6/h1-3H2,(H,8,10). The predicted molar refractivity (Wildman–Crippen MR) is 47.1 cm³/mol. The number of amides is 1. The second-order valence-corrected chi connectivity index (χ2v) is 2.08. The number of carbonyl (C=O) groups excluding carboxylic acids is 1. The van der Waals surface area contributed by atoms with Gasteiger partial charge in [-0.1, -0.05) is 5.11 Å². The first kappa shape index (κ1) is 10.3. The van der Waals surface area contributed by atoms with Crippen LogP contribution in [-0.4, -0.2) is 19.2 Å². The molecule has 0 rings (SSSR count). The first-order valence-electron chi connectivity index (χ1n) is 2.85. The SMILES string of the molecule is [N-]=[N+]=NCCCOC(=O)NI. The highest BCUT2D eigenvalue weighted by Gasteiger charge is 1.95. The third-order valence-corrected chi connectivity index (χ3v) is 1.22. The zero-order valence-corrected chi connectivity index (χ0v) is 7.81. The Bertz CT molecular complexity index is 167. The molecule has 0 aromatic rings. The van der Waals surface area contributed by atoms with E-state index < -0.39 is 6.09 Å². The van der Waals surface area contributed by atoms with E-state index in [1.807, 2.05) is 0 Å². The summed E-state index contributed by atoms with van der Waals surface area (Å²) in [4.78, 5) is 12.9. The maximum absolute atomic E-state index is 10.4. The molecule has 0 radical (unpaired) electrons. The van der Waals surface area contributed by atoms with Crippen LogP contribution in [0.15, 0.2) is 5.11 Å². The van der Waals surface area contributed by atoms with Crippen LogP contribution in [0.2, 0.25) is 0 Å². The Balaban J connectivity index is 3.14. The smallest absolute Gasteiger partial charge is 0.415 e. The molecule has 0 aromatic carbocycles. The number of azide groups is 1.